The van der Waals surface area contributed by atoms with Crippen LogP contribution < -0.4 is 0 Å². The first-order chi connectivity index (χ1) is 6.11. The zero-order chi connectivity index (χ0) is 9.59. The molecule has 2 atom stereocenters. The highest BCUT2D eigenvalue weighted by Gasteiger charge is 2.37. The van der Waals surface area contributed by atoms with Crippen molar-refractivity contribution in [2.45, 2.75) is 26.1 Å². The number of rotatable bonds is 1. The van der Waals surface area contributed by atoms with E-state index in [-0.39, 0.29) is 18.0 Å². The van der Waals surface area contributed by atoms with Gasteiger partial charge in [-0.15, -0.1) is 0 Å². The summed E-state index contributed by atoms with van der Waals surface area (Å²) in [7, 11) is 0. The number of Topliss-reactive ketones (excluding diaryl/α,β-unsaturated/α-hetero) is 1. The van der Waals surface area contributed by atoms with Crippen molar-refractivity contribution in [3.63, 3.8) is 0 Å². The van der Waals surface area contributed by atoms with Gasteiger partial charge >= 0.3 is 0 Å². The molecule has 2 heterocycles. The SMILES string of the molecule is CC(C)C1=C(Br)C(=O)[C@@H]2C=C[C@H]1O2. The minimum atomic E-state index is -0.345. The van der Waals surface area contributed by atoms with E-state index >= 15 is 0 Å². The second-order valence-corrected chi connectivity index (χ2v) is 4.44. The van der Waals surface area contributed by atoms with Gasteiger partial charge in [0.1, 0.15) is 6.10 Å². The molecule has 0 fully saturated rings. The van der Waals surface area contributed by atoms with Crippen molar-refractivity contribution < 1.29 is 9.53 Å². The van der Waals surface area contributed by atoms with Crippen LogP contribution in [0.2, 0.25) is 0 Å². The van der Waals surface area contributed by atoms with Gasteiger partial charge < -0.3 is 4.74 Å². The smallest absolute Gasteiger partial charge is 0.202 e. The van der Waals surface area contributed by atoms with Crippen molar-refractivity contribution in [3.8, 4) is 0 Å². The van der Waals surface area contributed by atoms with Gasteiger partial charge in [-0.2, -0.15) is 0 Å². The van der Waals surface area contributed by atoms with Crippen LogP contribution in [0.3, 0.4) is 0 Å². The summed E-state index contributed by atoms with van der Waals surface area (Å²) in [4.78, 5) is 11.6. The summed E-state index contributed by atoms with van der Waals surface area (Å²) in [6, 6.07) is 0. The second kappa shape index (κ2) is 3.07. The van der Waals surface area contributed by atoms with Gasteiger partial charge in [-0.05, 0) is 33.5 Å². The van der Waals surface area contributed by atoms with E-state index in [1.807, 2.05) is 12.2 Å². The summed E-state index contributed by atoms with van der Waals surface area (Å²) in [6.45, 7) is 4.14. The zero-order valence-electron chi connectivity index (χ0n) is 7.58. The predicted octanol–water partition coefficient (Wildman–Crippen LogP) is 2.20. The molecule has 0 radical (unpaired) electrons. The van der Waals surface area contributed by atoms with Crippen LogP contribution in [0.4, 0.5) is 0 Å². The summed E-state index contributed by atoms with van der Waals surface area (Å²) < 4.78 is 6.22. The van der Waals surface area contributed by atoms with E-state index in [9.17, 15) is 4.79 Å². The van der Waals surface area contributed by atoms with Gasteiger partial charge in [-0.1, -0.05) is 19.9 Å². The van der Waals surface area contributed by atoms with E-state index < -0.39 is 0 Å². The molecule has 0 saturated carbocycles. The normalized spacial score (nSPS) is 32.2. The highest BCUT2D eigenvalue weighted by molar-refractivity contribution is 9.12. The van der Waals surface area contributed by atoms with Crippen LogP contribution >= 0.6 is 15.9 Å². The van der Waals surface area contributed by atoms with E-state index in [1.54, 1.807) is 0 Å². The average molecular weight is 243 g/mol. The Morgan fingerprint density at radius 3 is 2.62 bits per heavy atom. The van der Waals surface area contributed by atoms with Crippen molar-refractivity contribution >= 4 is 21.7 Å². The lowest BCUT2D eigenvalue weighted by Gasteiger charge is -2.25. The number of halogens is 1. The molecule has 2 aliphatic heterocycles. The number of carbonyl (C=O) groups excluding carboxylic acids is 1. The zero-order valence-corrected chi connectivity index (χ0v) is 9.17. The maximum atomic E-state index is 11.6. The molecular formula is C10H11BrO2. The molecule has 0 aromatic carbocycles. The molecule has 0 aromatic rings. The Bertz CT molecular complexity index is 315. The average Bonchev–Trinajstić information content (AvgIpc) is 2.47. The fourth-order valence-corrected chi connectivity index (χ4v) is 2.66. The lowest BCUT2D eigenvalue weighted by molar-refractivity contribution is -0.124. The van der Waals surface area contributed by atoms with Gasteiger partial charge in [0.15, 0.2) is 0 Å². The summed E-state index contributed by atoms with van der Waals surface area (Å²) in [5.74, 6) is 0.390. The van der Waals surface area contributed by atoms with Crippen LogP contribution in [-0.2, 0) is 9.53 Å². The molecule has 0 saturated heterocycles. The maximum Gasteiger partial charge on any atom is 0.202 e. The van der Waals surface area contributed by atoms with Gasteiger partial charge in [0, 0.05) is 0 Å². The molecule has 2 aliphatic rings. The molecule has 2 nitrogen and oxygen atoms in total. The van der Waals surface area contributed by atoms with E-state index in [1.165, 1.54) is 0 Å². The van der Waals surface area contributed by atoms with Crippen LogP contribution in [-0.4, -0.2) is 18.0 Å². The van der Waals surface area contributed by atoms with E-state index in [4.69, 9.17) is 4.74 Å². The molecular weight excluding hydrogens is 232 g/mol. The van der Waals surface area contributed by atoms with Crippen molar-refractivity contribution in [1.29, 1.82) is 0 Å². The van der Waals surface area contributed by atoms with Crippen molar-refractivity contribution in [3.05, 3.63) is 22.2 Å². The summed E-state index contributed by atoms with van der Waals surface area (Å²) in [5.41, 5.74) is 1.06. The Hall–Kier alpha value is -0.410. The first-order valence-corrected chi connectivity index (χ1v) is 5.18. The molecule has 0 spiro atoms. The highest BCUT2D eigenvalue weighted by atomic mass is 79.9. The summed E-state index contributed by atoms with van der Waals surface area (Å²) in [6.07, 6.45) is 3.47. The van der Waals surface area contributed by atoms with Crippen molar-refractivity contribution in [1.82, 2.24) is 0 Å². The van der Waals surface area contributed by atoms with Gasteiger partial charge in [0.05, 0.1) is 10.6 Å². The first kappa shape index (κ1) is 9.16. The van der Waals surface area contributed by atoms with Gasteiger partial charge in [0.2, 0.25) is 5.78 Å². The fraction of sp³-hybridized carbons (Fsp3) is 0.500. The summed E-state index contributed by atoms with van der Waals surface area (Å²) in [5, 5.41) is 0. The van der Waals surface area contributed by atoms with E-state index in [0.717, 1.165) is 5.57 Å². The summed E-state index contributed by atoms with van der Waals surface area (Å²) >= 11 is 3.35. The molecule has 2 bridgehead atoms. The minimum absolute atomic E-state index is 0.0112. The standard InChI is InChI=1S/C10H11BrO2/c1-5(2)8-6-3-4-7(13-6)10(12)9(8)11/h3-7H,1-2H3/t6-,7+/m1/s1. The van der Waals surface area contributed by atoms with E-state index in [0.29, 0.717) is 10.4 Å². The highest BCUT2D eigenvalue weighted by Crippen LogP contribution is 2.36. The Morgan fingerprint density at radius 2 is 2.00 bits per heavy atom. The quantitative estimate of drug-likeness (QED) is 0.660. The van der Waals surface area contributed by atoms with Gasteiger partial charge in [0.25, 0.3) is 0 Å². The Balaban J connectivity index is 2.46. The second-order valence-electron chi connectivity index (χ2n) is 3.65. The Morgan fingerprint density at radius 1 is 1.38 bits per heavy atom. The molecule has 0 aromatic heterocycles. The van der Waals surface area contributed by atoms with Crippen LogP contribution in [0.5, 0.6) is 0 Å². The largest absolute Gasteiger partial charge is 0.354 e. The Labute approximate surface area is 85.8 Å². The molecule has 0 amide bonds. The van der Waals surface area contributed by atoms with E-state index in [2.05, 4.69) is 29.8 Å². The topological polar surface area (TPSA) is 26.3 Å². The molecule has 0 aliphatic carbocycles. The third kappa shape index (κ3) is 1.30. The van der Waals surface area contributed by atoms with Gasteiger partial charge in [-0.25, -0.2) is 0 Å². The molecule has 13 heavy (non-hydrogen) atoms. The molecule has 3 heteroatoms. The third-order valence-corrected chi connectivity index (χ3v) is 3.26. The third-order valence-electron chi connectivity index (χ3n) is 2.41. The number of hydrogen-bond acceptors (Lipinski definition) is 2. The fourth-order valence-electron chi connectivity index (χ4n) is 1.75. The Kier molecular flexibility index (Phi) is 2.16. The van der Waals surface area contributed by atoms with Crippen LogP contribution in [0.25, 0.3) is 0 Å². The molecule has 0 N–H and O–H groups in total. The number of carbonyl (C=O) groups is 1. The molecule has 0 unspecified atom stereocenters. The number of ether oxygens (including phenoxy) is 1. The van der Waals surface area contributed by atoms with Crippen molar-refractivity contribution in [2.75, 3.05) is 0 Å². The van der Waals surface area contributed by atoms with Crippen LogP contribution in [0.15, 0.2) is 22.2 Å². The number of fused-ring (bicyclic) bond motifs is 2. The lowest BCUT2D eigenvalue weighted by atomic mass is 9.95. The van der Waals surface area contributed by atoms with Crippen molar-refractivity contribution in [2.24, 2.45) is 5.92 Å². The minimum Gasteiger partial charge on any atom is -0.354 e. The van der Waals surface area contributed by atoms with Gasteiger partial charge in [-0.3, -0.25) is 4.79 Å². The predicted molar refractivity (Wildman–Crippen MR) is 53.6 cm³/mol. The molecule has 2 rings (SSSR count). The number of hydrogen-bond donors (Lipinski definition) is 0. The van der Waals surface area contributed by atoms with Crippen LogP contribution in [0.1, 0.15) is 13.8 Å². The monoisotopic (exact) mass is 242 g/mol. The first-order valence-electron chi connectivity index (χ1n) is 4.39. The lowest BCUT2D eigenvalue weighted by Crippen LogP contribution is -2.31. The maximum absolute atomic E-state index is 11.6. The number of ketones is 1. The molecule has 70 valence electrons. The van der Waals surface area contributed by atoms with Crippen LogP contribution in [0, 0.1) is 5.92 Å².